The molecule has 0 spiro atoms. The zero-order valence-electron chi connectivity index (χ0n) is 7.17. The van der Waals surface area contributed by atoms with E-state index in [4.69, 9.17) is 0 Å². The zero-order valence-corrected chi connectivity index (χ0v) is 8.81. The highest BCUT2D eigenvalue weighted by Crippen LogP contribution is 2.21. The molecule has 68 valence electrons. The molecule has 0 amide bonds. The maximum atomic E-state index is 4.26. The third-order valence-electron chi connectivity index (χ3n) is 1.53. The van der Waals surface area contributed by atoms with Crippen LogP contribution in [0.1, 0.15) is 13.3 Å². The van der Waals surface area contributed by atoms with Crippen LogP contribution in [0.2, 0.25) is 0 Å². The van der Waals surface area contributed by atoms with Crippen molar-refractivity contribution in [2.75, 3.05) is 0 Å². The van der Waals surface area contributed by atoms with Crippen LogP contribution >= 0.6 is 22.9 Å². The molecule has 0 aliphatic heterocycles. The van der Waals surface area contributed by atoms with Crippen LogP contribution in [0.5, 0.6) is 0 Å². The molecule has 4 nitrogen and oxygen atoms in total. The van der Waals surface area contributed by atoms with Gasteiger partial charge in [0.05, 0.1) is 4.49 Å². The lowest BCUT2D eigenvalue weighted by Gasteiger charge is -1.80. The van der Waals surface area contributed by atoms with Gasteiger partial charge in [0.15, 0.2) is 16.4 Å². The number of hydrogen-bond donors (Lipinski definition) is 0. The first-order chi connectivity index (χ1) is 6.40. The first-order valence-corrected chi connectivity index (χ1v) is 5.68. The maximum absolute atomic E-state index is 4.26. The van der Waals surface area contributed by atoms with Gasteiger partial charge in [-0.05, 0) is 0 Å². The Balaban J connectivity index is 2.23. The molecule has 2 rings (SSSR count). The molecular weight excluding hydrogens is 204 g/mol. The topological polar surface area (TPSA) is 42.5 Å². The average Bonchev–Trinajstić information content (AvgIpc) is 2.70. The second-order valence-corrected chi connectivity index (χ2v) is 4.19. The van der Waals surface area contributed by atoms with Crippen molar-refractivity contribution in [2.45, 2.75) is 19.9 Å². The van der Waals surface area contributed by atoms with Gasteiger partial charge in [-0.25, -0.2) is 0 Å². The van der Waals surface area contributed by atoms with Crippen LogP contribution in [0.25, 0.3) is 9.88 Å². The normalized spacial score (nSPS) is 10.5. The van der Waals surface area contributed by atoms with Gasteiger partial charge in [0.2, 0.25) is 6.20 Å². The highest BCUT2D eigenvalue weighted by atomic mass is 32.1. The second-order valence-electron chi connectivity index (χ2n) is 2.57. The van der Waals surface area contributed by atoms with E-state index < -0.39 is 0 Å². The molecular formula is C7H9N4S2+. The average molecular weight is 213 g/mol. The van der Waals surface area contributed by atoms with E-state index in [1.165, 1.54) is 11.5 Å². The molecule has 0 unspecified atom stereocenters. The van der Waals surface area contributed by atoms with Crippen molar-refractivity contribution in [3.8, 4) is 9.88 Å². The number of aromatic nitrogens is 4. The van der Waals surface area contributed by atoms with Gasteiger partial charge in [0, 0.05) is 18.0 Å². The summed E-state index contributed by atoms with van der Waals surface area (Å²) in [5, 5.41) is 8.73. The molecule has 0 bridgehead atoms. The molecule has 0 aliphatic rings. The van der Waals surface area contributed by atoms with Crippen LogP contribution in [-0.4, -0.2) is 14.7 Å². The van der Waals surface area contributed by atoms with Crippen molar-refractivity contribution in [1.82, 2.24) is 14.7 Å². The fourth-order valence-corrected chi connectivity index (χ4v) is 2.31. The van der Waals surface area contributed by atoms with Crippen LogP contribution < -0.4 is 4.68 Å². The van der Waals surface area contributed by atoms with Crippen LogP contribution in [0.15, 0.2) is 11.7 Å². The van der Waals surface area contributed by atoms with Crippen molar-refractivity contribution >= 4 is 22.9 Å². The fourth-order valence-electron chi connectivity index (χ4n) is 0.988. The number of rotatable bonds is 3. The summed E-state index contributed by atoms with van der Waals surface area (Å²) < 4.78 is 6.20. The smallest absolute Gasteiger partial charge is 0.147 e. The zero-order chi connectivity index (χ0) is 9.10. The molecule has 2 aromatic rings. The monoisotopic (exact) mass is 213 g/mol. The van der Waals surface area contributed by atoms with E-state index >= 15 is 0 Å². The molecule has 13 heavy (non-hydrogen) atoms. The van der Waals surface area contributed by atoms with E-state index in [2.05, 4.69) is 21.6 Å². The van der Waals surface area contributed by atoms with Crippen LogP contribution in [-0.2, 0) is 6.54 Å². The molecule has 6 heteroatoms. The maximum Gasteiger partial charge on any atom is 0.219 e. The lowest BCUT2D eigenvalue weighted by Crippen LogP contribution is -2.33. The van der Waals surface area contributed by atoms with E-state index in [0.717, 1.165) is 22.9 Å². The largest absolute Gasteiger partial charge is 0.219 e. The Hall–Kier alpha value is -0.880. The minimum Gasteiger partial charge on any atom is -0.147 e. The molecule has 0 N–H and O–H groups in total. The Bertz CT molecular complexity index is 368. The SMILES string of the molecule is CCC[n+]1cc(-c2nncs2)sn1. The van der Waals surface area contributed by atoms with E-state index in [9.17, 15) is 0 Å². The second kappa shape index (κ2) is 3.89. The van der Waals surface area contributed by atoms with Crippen LogP contribution in [0.4, 0.5) is 0 Å². The third kappa shape index (κ3) is 1.89. The van der Waals surface area contributed by atoms with Gasteiger partial charge in [-0.2, -0.15) is 0 Å². The number of aryl methyl sites for hydroxylation is 1. The number of nitrogens with zero attached hydrogens (tertiary/aromatic N) is 4. The minimum atomic E-state index is 0.951. The van der Waals surface area contributed by atoms with Crippen molar-refractivity contribution in [1.29, 1.82) is 0 Å². The molecule has 0 aromatic carbocycles. The highest BCUT2D eigenvalue weighted by Gasteiger charge is 2.12. The molecule has 0 radical (unpaired) electrons. The van der Waals surface area contributed by atoms with E-state index in [0.29, 0.717) is 0 Å². The summed E-state index contributed by atoms with van der Waals surface area (Å²) >= 11 is 3.01. The van der Waals surface area contributed by atoms with E-state index in [1.807, 2.05) is 10.9 Å². The number of hydrogen-bond acceptors (Lipinski definition) is 5. The van der Waals surface area contributed by atoms with Crippen molar-refractivity contribution in [3.63, 3.8) is 0 Å². The Morgan fingerprint density at radius 1 is 1.54 bits per heavy atom. The molecule has 0 fully saturated rings. The quantitative estimate of drug-likeness (QED) is 0.723. The van der Waals surface area contributed by atoms with Crippen LogP contribution in [0, 0.1) is 0 Å². The Morgan fingerprint density at radius 2 is 2.46 bits per heavy atom. The predicted molar refractivity (Wildman–Crippen MR) is 51.5 cm³/mol. The van der Waals surface area contributed by atoms with E-state index in [1.54, 1.807) is 16.8 Å². The predicted octanol–water partition coefficient (Wildman–Crippen LogP) is 1.36. The Kier molecular flexibility index (Phi) is 2.60. The van der Waals surface area contributed by atoms with Crippen molar-refractivity contribution < 1.29 is 4.68 Å². The minimum absolute atomic E-state index is 0.951. The summed E-state index contributed by atoms with van der Waals surface area (Å²) in [5.41, 5.74) is 1.74. The van der Waals surface area contributed by atoms with Gasteiger partial charge in [0.1, 0.15) is 5.51 Å². The molecule has 2 aromatic heterocycles. The molecule has 2 heterocycles. The van der Waals surface area contributed by atoms with Gasteiger partial charge < -0.3 is 0 Å². The lowest BCUT2D eigenvalue weighted by atomic mass is 10.5. The Morgan fingerprint density at radius 3 is 3.15 bits per heavy atom. The summed E-state index contributed by atoms with van der Waals surface area (Å²) in [4.78, 5) is 1.09. The lowest BCUT2D eigenvalue weighted by molar-refractivity contribution is -0.746. The Labute approximate surface area is 84.0 Å². The first-order valence-electron chi connectivity index (χ1n) is 4.03. The van der Waals surface area contributed by atoms with Gasteiger partial charge in [0.25, 0.3) is 0 Å². The first kappa shape index (κ1) is 8.71. The summed E-state index contributed by atoms with van der Waals surface area (Å²) in [5.74, 6) is 0. The van der Waals surface area contributed by atoms with Gasteiger partial charge in [-0.15, -0.1) is 10.2 Å². The fraction of sp³-hybridized carbons (Fsp3) is 0.429. The van der Waals surface area contributed by atoms with Gasteiger partial charge in [-0.1, -0.05) is 22.9 Å². The standard InChI is InChI=1S/C7H9N4S2/c1-2-3-11-4-6(13-10-11)7-9-8-5-12-7/h4-5H,2-3H2,1H3/q+1. The summed E-state index contributed by atoms with van der Waals surface area (Å²) in [6, 6.07) is 0. The summed E-state index contributed by atoms with van der Waals surface area (Å²) in [6.07, 6.45) is 3.12. The third-order valence-corrected chi connectivity index (χ3v) is 3.17. The summed E-state index contributed by atoms with van der Waals surface area (Å²) in [6.45, 7) is 3.10. The summed E-state index contributed by atoms with van der Waals surface area (Å²) in [7, 11) is 0. The molecule has 0 saturated heterocycles. The molecule has 0 saturated carbocycles. The van der Waals surface area contributed by atoms with E-state index in [-0.39, 0.29) is 0 Å². The van der Waals surface area contributed by atoms with Crippen molar-refractivity contribution in [3.05, 3.63) is 11.7 Å². The van der Waals surface area contributed by atoms with Crippen LogP contribution in [0.3, 0.4) is 0 Å². The molecule has 0 atom stereocenters. The van der Waals surface area contributed by atoms with Gasteiger partial charge >= 0.3 is 0 Å². The molecule has 0 aliphatic carbocycles. The van der Waals surface area contributed by atoms with Crippen molar-refractivity contribution in [2.24, 2.45) is 0 Å². The highest BCUT2D eigenvalue weighted by molar-refractivity contribution is 7.17. The van der Waals surface area contributed by atoms with Gasteiger partial charge in [-0.3, -0.25) is 0 Å².